The van der Waals surface area contributed by atoms with Crippen molar-refractivity contribution in [2.45, 2.75) is 43.8 Å². The molecular weight excluding hydrogens is 404 g/mol. The third-order valence-corrected chi connectivity index (χ3v) is 6.15. The molecule has 0 bridgehead atoms. The third kappa shape index (κ3) is 4.96. The van der Waals surface area contributed by atoms with Crippen molar-refractivity contribution in [1.82, 2.24) is 15.2 Å². The molecule has 0 saturated carbocycles. The molecule has 9 heteroatoms. The number of aromatic amines is 1. The first-order valence-electron chi connectivity index (χ1n) is 10.1. The molecule has 1 aromatic carbocycles. The van der Waals surface area contributed by atoms with Crippen LogP contribution in [0, 0.1) is 0 Å². The molecule has 162 valence electrons. The number of nitrogens with one attached hydrogen (secondary N) is 2. The van der Waals surface area contributed by atoms with Gasteiger partial charge in [0, 0.05) is 30.1 Å². The van der Waals surface area contributed by atoms with E-state index >= 15 is 0 Å². The van der Waals surface area contributed by atoms with Crippen LogP contribution in [-0.4, -0.2) is 69.5 Å². The smallest absolute Gasteiger partial charge is 0.326 e. The van der Waals surface area contributed by atoms with Gasteiger partial charge in [-0.25, -0.2) is 4.79 Å². The summed E-state index contributed by atoms with van der Waals surface area (Å²) in [6.07, 6.45) is 5.57. The summed E-state index contributed by atoms with van der Waals surface area (Å²) in [5.41, 5.74) is 7.81. The predicted octanol–water partition coefficient (Wildman–Crippen LogP) is 1.35. The Morgan fingerprint density at radius 3 is 2.87 bits per heavy atom. The van der Waals surface area contributed by atoms with Crippen molar-refractivity contribution in [3.8, 4) is 0 Å². The van der Waals surface area contributed by atoms with Crippen molar-refractivity contribution < 1.29 is 19.5 Å². The van der Waals surface area contributed by atoms with Crippen LogP contribution in [-0.2, 0) is 20.8 Å². The lowest BCUT2D eigenvalue weighted by Gasteiger charge is -2.28. The average molecular weight is 433 g/mol. The molecule has 30 heavy (non-hydrogen) atoms. The van der Waals surface area contributed by atoms with E-state index in [1.807, 2.05) is 36.7 Å². The number of fused-ring (bicyclic) bond motifs is 1. The molecule has 2 heterocycles. The molecule has 1 saturated heterocycles. The van der Waals surface area contributed by atoms with E-state index in [4.69, 9.17) is 5.73 Å². The van der Waals surface area contributed by atoms with Crippen molar-refractivity contribution in [1.29, 1.82) is 0 Å². The lowest BCUT2D eigenvalue weighted by molar-refractivity contribution is -0.149. The Hall–Kier alpha value is -2.52. The molecule has 1 aliphatic rings. The molecule has 1 aliphatic heterocycles. The molecule has 1 aromatic heterocycles. The third-order valence-electron chi connectivity index (χ3n) is 5.50. The fraction of sp³-hybridized carbons (Fsp3) is 0.476. The number of para-hydroxylation sites is 1. The molecular formula is C21H28N4O4S. The van der Waals surface area contributed by atoms with Crippen LogP contribution in [0.5, 0.6) is 0 Å². The second-order valence-electron chi connectivity index (χ2n) is 7.54. The van der Waals surface area contributed by atoms with E-state index in [1.165, 1.54) is 4.90 Å². The normalized spacial score (nSPS) is 18.3. The first-order valence-corrected chi connectivity index (χ1v) is 11.4. The van der Waals surface area contributed by atoms with Crippen molar-refractivity contribution in [2.75, 3.05) is 18.6 Å². The minimum atomic E-state index is -1.02. The highest BCUT2D eigenvalue weighted by Crippen LogP contribution is 2.23. The van der Waals surface area contributed by atoms with Gasteiger partial charge in [0.1, 0.15) is 12.1 Å². The van der Waals surface area contributed by atoms with Gasteiger partial charge in [0.05, 0.1) is 6.04 Å². The molecule has 2 amide bonds. The number of likely N-dealkylation sites (tertiary alicyclic amines) is 1. The first-order chi connectivity index (χ1) is 14.4. The number of carbonyl (C=O) groups excluding carboxylic acids is 2. The number of nitrogens with two attached hydrogens (primary N) is 1. The fourth-order valence-corrected chi connectivity index (χ4v) is 4.35. The van der Waals surface area contributed by atoms with E-state index in [2.05, 4.69) is 10.3 Å². The molecule has 5 N–H and O–H groups in total. The van der Waals surface area contributed by atoms with Gasteiger partial charge in [-0.15, -0.1) is 0 Å². The highest BCUT2D eigenvalue weighted by atomic mass is 32.2. The van der Waals surface area contributed by atoms with Gasteiger partial charge in [0.2, 0.25) is 11.8 Å². The van der Waals surface area contributed by atoms with Gasteiger partial charge in [-0.2, -0.15) is 11.8 Å². The van der Waals surface area contributed by atoms with E-state index in [-0.39, 0.29) is 12.3 Å². The number of carboxylic acids is 1. The van der Waals surface area contributed by atoms with E-state index in [0.717, 1.165) is 22.2 Å². The second kappa shape index (κ2) is 9.99. The van der Waals surface area contributed by atoms with Crippen molar-refractivity contribution in [2.24, 2.45) is 5.73 Å². The highest BCUT2D eigenvalue weighted by molar-refractivity contribution is 7.98. The number of aromatic nitrogens is 1. The van der Waals surface area contributed by atoms with E-state index in [9.17, 15) is 19.5 Å². The maximum atomic E-state index is 13.3. The van der Waals surface area contributed by atoms with E-state index in [1.54, 1.807) is 11.8 Å². The number of carbonyl (C=O) groups is 3. The summed E-state index contributed by atoms with van der Waals surface area (Å²) in [6.45, 7) is 0.370. The molecule has 3 rings (SSSR count). The largest absolute Gasteiger partial charge is 0.480 e. The van der Waals surface area contributed by atoms with Crippen LogP contribution in [0.15, 0.2) is 30.5 Å². The Kier molecular flexibility index (Phi) is 7.38. The fourth-order valence-electron chi connectivity index (χ4n) is 3.86. The molecule has 2 aromatic rings. The number of carboxylic acid groups (broad SMARTS) is 1. The van der Waals surface area contributed by atoms with Crippen LogP contribution in [0.25, 0.3) is 10.9 Å². The second-order valence-corrected chi connectivity index (χ2v) is 8.53. The number of hydrogen-bond donors (Lipinski definition) is 4. The van der Waals surface area contributed by atoms with Gasteiger partial charge >= 0.3 is 5.97 Å². The van der Waals surface area contributed by atoms with Gasteiger partial charge in [0.15, 0.2) is 0 Å². The summed E-state index contributed by atoms with van der Waals surface area (Å²) >= 11 is 1.60. The Morgan fingerprint density at radius 2 is 2.13 bits per heavy atom. The Bertz CT molecular complexity index is 915. The SMILES string of the molecule is CSCCC(N)C(=O)NC(Cc1c[nH]c2ccccc12)C(=O)N1CCCC1C(=O)O. The number of rotatable bonds is 9. The Balaban J connectivity index is 1.83. The molecule has 0 aliphatic carbocycles. The molecule has 3 atom stereocenters. The number of nitrogens with zero attached hydrogens (tertiary/aromatic N) is 1. The maximum absolute atomic E-state index is 13.3. The molecule has 8 nitrogen and oxygen atoms in total. The van der Waals surface area contributed by atoms with Gasteiger partial charge in [-0.1, -0.05) is 18.2 Å². The van der Waals surface area contributed by atoms with Gasteiger partial charge < -0.3 is 26.0 Å². The number of thioether (sulfide) groups is 1. The zero-order valence-corrected chi connectivity index (χ0v) is 17.8. The summed E-state index contributed by atoms with van der Waals surface area (Å²) in [5, 5.41) is 13.2. The average Bonchev–Trinajstić information content (AvgIpc) is 3.38. The zero-order valence-electron chi connectivity index (χ0n) is 17.0. The van der Waals surface area contributed by atoms with Crippen LogP contribution >= 0.6 is 11.8 Å². The summed E-state index contributed by atoms with van der Waals surface area (Å²) in [6, 6.07) is 5.26. The number of amides is 2. The zero-order chi connectivity index (χ0) is 21.7. The minimum Gasteiger partial charge on any atom is -0.480 e. The monoisotopic (exact) mass is 432 g/mol. The lowest BCUT2D eigenvalue weighted by Crippen LogP contribution is -2.55. The van der Waals surface area contributed by atoms with Gasteiger partial charge in [-0.05, 0) is 42.9 Å². The van der Waals surface area contributed by atoms with Crippen molar-refractivity contribution in [3.05, 3.63) is 36.0 Å². The minimum absolute atomic E-state index is 0.257. The van der Waals surface area contributed by atoms with Crippen LogP contribution in [0.1, 0.15) is 24.8 Å². The topological polar surface area (TPSA) is 129 Å². The number of benzene rings is 1. The quantitative estimate of drug-likeness (QED) is 0.473. The van der Waals surface area contributed by atoms with Crippen LogP contribution in [0.3, 0.4) is 0 Å². The standard InChI is InChI=1S/C21H28N4O4S/c1-30-10-8-15(22)19(26)24-17(20(27)25-9-4-7-18(25)21(28)29)11-13-12-23-16-6-3-2-5-14(13)16/h2-3,5-6,12,15,17-18,23H,4,7-11,22H2,1H3,(H,24,26)(H,28,29). The maximum Gasteiger partial charge on any atom is 0.326 e. The van der Waals surface area contributed by atoms with Crippen molar-refractivity contribution in [3.63, 3.8) is 0 Å². The predicted molar refractivity (Wildman–Crippen MR) is 117 cm³/mol. The van der Waals surface area contributed by atoms with E-state index < -0.39 is 30.0 Å². The van der Waals surface area contributed by atoms with Crippen molar-refractivity contribution >= 4 is 40.4 Å². The molecule has 3 unspecified atom stereocenters. The number of H-pyrrole nitrogens is 1. The summed E-state index contributed by atoms with van der Waals surface area (Å²) in [4.78, 5) is 42.0. The highest BCUT2D eigenvalue weighted by Gasteiger charge is 2.38. The Labute approximate surface area is 179 Å². The molecule has 0 spiro atoms. The van der Waals surface area contributed by atoms with Crippen LogP contribution in [0.2, 0.25) is 0 Å². The Morgan fingerprint density at radius 1 is 1.37 bits per heavy atom. The summed E-state index contributed by atoms with van der Waals surface area (Å²) < 4.78 is 0. The van der Waals surface area contributed by atoms with Gasteiger partial charge in [-0.3, -0.25) is 9.59 Å². The number of hydrogen-bond acceptors (Lipinski definition) is 5. The molecule has 0 radical (unpaired) electrons. The van der Waals surface area contributed by atoms with Crippen LogP contribution < -0.4 is 11.1 Å². The number of aliphatic carboxylic acids is 1. The summed E-state index contributed by atoms with van der Waals surface area (Å²) in [5.74, 6) is -1.05. The van der Waals surface area contributed by atoms with E-state index in [0.29, 0.717) is 25.8 Å². The first kappa shape index (κ1) is 22.2. The lowest BCUT2D eigenvalue weighted by atomic mass is 10.0. The summed E-state index contributed by atoms with van der Waals surface area (Å²) in [7, 11) is 0. The van der Waals surface area contributed by atoms with Gasteiger partial charge in [0.25, 0.3) is 0 Å². The molecule has 1 fully saturated rings. The van der Waals surface area contributed by atoms with Crippen LogP contribution in [0.4, 0.5) is 0 Å².